The van der Waals surface area contributed by atoms with Crippen LogP contribution in [0, 0.1) is 6.92 Å². The fourth-order valence-electron chi connectivity index (χ4n) is 2.56. The molecule has 3 N–H and O–H groups in total. The zero-order valence-electron chi connectivity index (χ0n) is 11.8. The summed E-state index contributed by atoms with van der Waals surface area (Å²) in [5.41, 5.74) is 6.83. The van der Waals surface area contributed by atoms with Crippen LogP contribution in [0.25, 0.3) is 0 Å². The van der Waals surface area contributed by atoms with Gasteiger partial charge in [0.05, 0.1) is 4.90 Å². The Morgan fingerprint density at radius 1 is 1.45 bits per heavy atom. The van der Waals surface area contributed by atoms with Gasteiger partial charge in [0.2, 0.25) is 10.0 Å². The minimum absolute atomic E-state index is 0.255. The lowest BCUT2D eigenvalue weighted by atomic mass is 9.76. The Kier molecular flexibility index (Phi) is 4.18. The van der Waals surface area contributed by atoms with E-state index in [1.165, 1.54) is 0 Å². The average Bonchev–Trinajstić information content (AvgIpc) is 2.33. The van der Waals surface area contributed by atoms with Crippen LogP contribution in [-0.4, -0.2) is 18.9 Å². The van der Waals surface area contributed by atoms with Crippen molar-refractivity contribution in [3.8, 4) is 0 Å². The number of sulfonamides is 1. The molecule has 0 heterocycles. The summed E-state index contributed by atoms with van der Waals surface area (Å²) in [6.07, 6.45) is 3.71. The summed E-state index contributed by atoms with van der Waals surface area (Å²) in [4.78, 5) is 0.554. The van der Waals surface area contributed by atoms with E-state index in [1.54, 1.807) is 18.2 Å². The molecule has 1 saturated carbocycles. The van der Waals surface area contributed by atoms with E-state index in [0.717, 1.165) is 31.2 Å². The van der Waals surface area contributed by atoms with Crippen molar-refractivity contribution in [1.82, 2.24) is 4.72 Å². The van der Waals surface area contributed by atoms with Crippen molar-refractivity contribution in [2.75, 3.05) is 0 Å². The van der Waals surface area contributed by atoms with Crippen LogP contribution in [0.4, 0.5) is 0 Å². The van der Waals surface area contributed by atoms with Gasteiger partial charge >= 0.3 is 0 Å². The lowest BCUT2D eigenvalue weighted by Crippen LogP contribution is -2.52. The molecule has 1 aromatic carbocycles. The van der Waals surface area contributed by atoms with E-state index in [2.05, 4.69) is 4.72 Å². The van der Waals surface area contributed by atoms with Gasteiger partial charge in [-0.1, -0.05) is 25.2 Å². The Hall–Kier alpha value is -0.980. The summed E-state index contributed by atoms with van der Waals surface area (Å²) in [5.74, 6) is 0. The van der Waals surface area contributed by atoms with Crippen LogP contribution < -0.4 is 10.5 Å². The zero-order chi connectivity index (χ0) is 15.0. The first-order chi connectivity index (χ1) is 9.30. The van der Waals surface area contributed by atoms with Gasteiger partial charge in [0.15, 0.2) is 0 Å². The highest BCUT2D eigenvalue weighted by Crippen LogP contribution is 2.36. The number of nitrogens with one attached hydrogen (secondary N) is 1. The summed E-state index contributed by atoms with van der Waals surface area (Å²) in [7, 11) is -3.49. The number of hydrogen-bond acceptors (Lipinski definition) is 3. The van der Waals surface area contributed by atoms with Crippen molar-refractivity contribution < 1.29 is 8.42 Å². The quantitative estimate of drug-likeness (QED) is 0.818. The van der Waals surface area contributed by atoms with Gasteiger partial charge in [-0.05, 0) is 50.3 Å². The lowest BCUT2D eigenvalue weighted by molar-refractivity contribution is 0.214. The van der Waals surface area contributed by atoms with Gasteiger partial charge in [0, 0.05) is 11.1 Å². The highest BCUT2D eigenvalue weighted by atomic mass is 32.2. The van der Waals surface area contributed by atoms with Crippen LogP contribution in [0.1, 0.15) is 43.7 Å². The van der Waals surface area contributed by atoms with Crippen LogP contribution in [-0.2, 0) is 10.0 Å². The minimum atomic E-state index is -3.49. The summed E-state index contributed by atoms with van der Waals surface area (Å²) in [6, 6.07) is 4.86. The number of nitrogens with two attached hydrogens (primary N) is 1. The third kappa shape index (κ3) is 2.87. The van der Waals surface area contributed by atoms with Crippen LogP contribution in [0.5, 0.6) is 0 Å². The van der Waals surface area contributed by atoms with E-state index in [0.29, 0.717) is 5.56 Å². The Bertz CT molecular complexity index is 629. The van der Waals surface area contributed by atoms with Crippen LogP contribution in [0.15, 0.2) is 23.1 Å². The van der Waals surface area contributed by atoms with Gasteiger partial charge in [-0.3, -0.25) is 0 Å². The molecule has 0 aromatic heterocycles. The highest BCUT2D eigenvalue weighted by Gasteiger charge is 2.39. The van der Waals surface area contributed by atoms with E-state index < -0.39 is 10.0 Å². The molecule has 0 aliphatic heterocycles. The molecule has 1 aliphatic rings. The molecule has 4 nitrogen and oxygen atoms in total. The maximum absolute atomic E-state index is 12.5. The number of rotatable bonds is 5. The van der Waals surface area contributed by atoms with E-state index in [9.17, 15) is 8.42 Å². The first-order valence-corrected chi connectivity index (χ1v) is 8.63. The molecule has 0 amide bonds. The number of aryl methyl sites for hydroxylation is 1. The standard InChI is InChI=1S/C14H20N2O2S2/c1-3-14(7-4-8-14)16-20(17,18)11-5-6-12(13(15)19)10(2)9-11/h5-6,9,16H,3-4,7-8H2,1-2H3,(H2,15,19). The third-order valence-corrected chi connectivity index (χ3v) is 5.91. The lowest BCUT2D eigenvalue weighted by Gasteiger charge is -2.41. The van der Waals surface area contributed by atoms with Crippen molar-refractivity contribution >= 4 is 27.2 Å². The fourth-order valence-corrected chi connectivity index (χ4v) is 4.40. The second-order valence-corrected chi connectivity index (χ2v) is 7.56. The molecule has 0 bridgehead atoms. The fraction of sp³-hybridized carbons (Fsp3) is 0.500. The average molecular weight is 312 g/mol. The second-order valence-electron chi connectivity index (χ2n) is 5.43. The SMILES string of the molecule is CCC1(NS(=O)(=O)c2ccc(C(N)=S)c(C)c2)CCC1. The van der Waals surface area contributed by atoms with E-state index in [4.69, 9.17) is 18.0 Å². The zero-order valence-corrected chi connectivity index (χ0v) is 13.4. The Morgan fingerprint density at radius 3 is 2.50 bits per heavy atom. The molecule has 0 radical (unpaired) electrons. The largest absolute Gasteiger partial charge is 0.389 e. The molecule has 0 atom stereocenters. The monoisotopic (exact) mass is 312 g/mol. The maximum atomic E-state index is 12.5. The summed E-state index contributed by atoms with van der Waals surface area (Å²) in [6.45, 7) is 3.83. The topological polar surface area (TPSA) is 72.2 Å². The first kappa shape index (κ1) is 15.4. The molecule has 2 rings (SSSR count). The minimum Gasteiger partial charge on any atom is -0.389 e. The Balaban J connectivity index is 2.30. The van der Waals surface area contributed by atoms with Gasteiger partial charge in [-0.25, -0.2) is 13.1 Å². The summed E-state index contributed by atoms with van der Waals surface area (Å²) in [5, 5.41) is 0. The van der Waals surface area contributed by atoms with Gasteiger partial charge < -0.3 is 5.73 Å². The molecule has 0 saturated heterocycles. The summed E-state index contributed by atoms with van der Waals surface area (Å²) >= 11 is 4.93. The molecule has 1 aliphatic carbocycles. The highest BCUT2D eigenvalue weighted by molar-refractivity contribution is 7.89. The van der Waals surface area contributed by atoms with Gasteiger partial charge in [-0.15, -0.1) is 0 Å². The molecule has 1 fully saturated rings. The van der Waals surface area contributed by atoms with Crippen molar-refractivity contribution in [1.29, 1.82) is 0 Å². The third-order valence-electron chi connectivity index (χ3n) is 4.11. The van der Waals surface area contributed by atoms with Crippen molar-refractivity contribution in [3.63, 3.8) is 0 Å². The van der Waals surface area contributed by atoms with E-state index in [1.807, 2.05) is 13.8 Å². The number of benzene rings is 1. The van der Waals surface area contributed by atoms with Crippen LogP contribution >= 0.6 is 12.2 Å². The second kappa shape index (κ2) is 5.42. The molecular weight excluding hydrogens is 292 g/mol. The Morgan fingerprint density at radius 2 is 2.10 bits per heavy atom. The van der Waals surface area contributed by atoms with Crippen molar-refractivity contribution in [2.45, 2.75) is 50.0 Å². The predicted octanol–water partition coefficient (Wildman–Crippen LogP) is 2.24. The smallest absolute Gasteiger partial charge is 0.241 e. The van der Waals surface area contributed by atoms with E-state index >= 15 is 0 Å². The normalized spacial score (nSPS) is 17.5. The predicted molar refractivity (Wildman–Crippen MR) is 84.3 cm³/mol. The first-order valence-electron chi connectivity index (χ1n) is 6.74. The number of thiocarbonyl (C=S) groups is 1. The maximum Gasteiger partial charge on any atom is 0.241 e. The van der Waals surface area contributed by atoms with Crippen molar-refractivity contribution in [2.24, 2.45) is 5.73 Å². The van der Waals surface area contributed by atoms with E-state index in [-0.39, 0.29) is 15.4 Å². The van der Waals surface area contributed by atoms with Gasteiger partial charge in [-0.2, -0.15) is 0 Å². The molecule has 20 heavy (non-hydrogen) atoms. The Labute approximate surface area is 125 Å². The van der Waals surface area contributed by atoms with Gasteiger partial charge in [0.1, 0.15) is 4.99 Å². The molecule has 1 aromatic rings. The molecule has 6 heteroatoms. The molecule has 110 valence electrons. The van der Waals surface area contributed by atoms with Gasteiger partial charge in [0.25, 0.3) is 0 Å². The van der Waals surface area contributed by atoms with Crippen LogP contribution in [0.3, 0.4) is 0 Å². The molecule has 0 spiro atoms. The number of hydrogen-bond donors (Lipinski definition) is 2. The molecule has 0 unspecified atom stereocenters. The van der Waals surface area contributed by atoms with Crippen molar-refractivity contribution in [3.05, 3.63) is 29.3 Å². The molecular formula is C14H20N2O2S2. The summed E-state index contributed by atoms with van der Waals surface area (Å²) < 4.78 is 27.8. The van der Waals surface area contributed by atoms with Crippen LogP contribution in [0.2, 0.25) is 0 Å².